The Kier molecular flexibility index (Phi) is 9.93. The van der Waals surface area contributed by atoms with Crippen molar-refractivity contribution in [2.45, 2.75) is 32.4 Å². The van der Waals surface area contributed by atoms with Gasteiger partial charge in [-0.3, -0.25) is 9.79 Å². The first-order valence-corrected chi connectivity index (χ1v) is 10.2. The van der Waals surface area contributed by atoms with Gasteiger partial charge in [-0.25, -0.2) is 0 Å². The number of guanidine groups is 1. The summed E-state index contributed by atoms with van der Waals surface area (Å²) in [4.78, 5) is 18.8. The van der Waals surface area contributed by atoms with E-state index in [9.17, 15) is 4.79 Å². The van der Waals surface area contributed by atoms with Crippen molar-refractivity contribution in [3.63, 3.8) is 0 Å². The molecule has 0 radical (unpaired) electrons. The first-order chi connectivity index (χ1) is 14.2. The summed E-state index contributed by atoms with van der Waals surface area (Å²) < 4.78 is 5.26. The van der Waals surface area contributed by atoms with Gasteiger partial charge in [-0.1, -0.05) is 24.3 Å². The van der Waals surface area contributed by atoms with Crippen LogP contribution < -0.4 is 15.4 Å². The number of rotatable bonds is 6. The Labute approximate surface area is 196 Å². The van der Waals surface area contributed by atoms with Crippen molar-refractivity contribution in [2.24, 2.45) is 4.99 Å². The number of carbonyl (C=O) groups excluding carboxylic acids is 1. The molecule has 6 nitrogen and oxygen atoms in total. The average Bonchev–Trinajstić information content (AvgIpc) is 2.80. The molecule has 0 aromatic heterocycles. The van der Waals surface area contributed by atoms with Gasteiger partial charge in [0.2, 0.25) is 0 Å². The molecule has 1 fully saturated rings. The van der Waals surface area contributed by atoms with Gasteiger partial charge in [0.25, 0.3) is 5.91 Å². The average molecular weight is 522 g/mol. The van der Waals surface area contributed by atoms with Crippen LogP contribution in [0.3, 0.4) is 0 Å². The standard InChI is InChI=1S/C23H30N4O2.HI/c1-24-23(26-17-19-7-6-8-21(15-19)29-2)25-16-18-9-11-20(12-10-18)22(28)27-13-4-3-5-14-27;/h6-12,15H,3-5,13-14,16-17H2,1-2H3,(H2,24,25,26);1H. The molecule has 2 N–H and O–H groups in total. The van der Waals surface area contributed by atoms with Crippen LogP contribution in [0.4, 0.5) is 0 Å². The van der Waals surface area contributed by atoms with E-state index in [0.717, 1.165) is 54.3 Å². The maximum Gasteiger partial charge on any atom is 0.253 e. The largest absolute Gasteiger partial charge is 0.497 e. The van der Waals surface area contributed by atoms with Gasteiger partial charge in [0.05, 0.1) is 7.11 Å². The van der Waals surface area contributed by atoms with Gasteiger partial charge < -0.3 is 20.3 Å². The molecule has 2 aromatic rings. The molecule has 0 bridgehead atoms. The van der Waals surface area contributed by atoms with Crippen molar-refractivity contribution >= 4 is 35.8 Å². The zero-order chi connectivity index (χ0) is 20.5. The molecule has 0 unspecified atom stereocenters. The minimum Gasteiger partial charge on any atom is -0.497 e. The second-order valence-electron chi connectivity index (χ2n) is 7.18. The van der Waals surface area contributed by atoms with Crippen molar-refractivity contribution in [1.82, 2.24) is 15.5 Å². The lowest BCUT2D eigenvalue weighted by molar-refractivity contribution is 0.0724. The Hall–Kier alpha value is -2.29. The van der Waals surface area contributed by atoms with Crippen molar-refractivity contribution in [3.8, 4) is 5.75 Å². The first-order valence-electron chi connectivity index (χ1n) is 10.2. The van der Waals surface area contributed by atoms with E-state index in [-0.39, 0.29) is 29.9 Å². The summed E-state index contributed by atoms with van der Waals surface area (Å²) in [7, 11) is 3.42. The van der Waals surface area contributed by atoms with Gasteiger partial charge in [-0.05, 0) is 54.7 Å². The Morgan fingerprint density at radius 3 is 2.30 bits per heavy atom. The number of benzene rings is 2. The number of likely N-dealkylation sites (tertiary alicyclic amines) is 1. The number of methoxy groups -OCH3 is 1. The summed E-state index contributed by atoms with van der Waals surface area (Å²) in [6.07, 6.45) is 3.44. The van der Waals surface area contributed by atoms with Gasteiger partial charge in [-0.15, -0.1) is 24.0 Å². The van der Waals surface area contributed by atoms with E-state index >= 15 is 0 Å². The molecule has 30 heavy (non-hydrogen) atoms. The maximum atomic E-state index is 12.6. The molecular weight excluding hydrogens is 491 g/mol. The molecule has 0 aliphatic carbocycles. The van der Waals surface area contributed by atoms with Crippen LogP contribution in [0.25, 0.3) is 0 Å². The van der Waals surface area contributed by atoms with Crippen LogP contribution in [0.2, 0.25) is 0 Å². The van der Waals surface area contributed by atoms with Gasteiger partial charge in [0.1, 0.15) is 5.75 Å². The zero-order valence-corrected chi connectivity index (χ0v) is 20.0. The van der Waals surface area contributed by atoms with E-state index in [2.05, 4.69) is 15.6 Å². The molecule has 0 saturated carbocycles. The van der Waals surface area contributed by atoms with E-state index in [4.69, 9.17) is 4.74 Å². The molecule has 0 spiro atoms. The molecule has 1 amide bonds. The second kappa shape index (κ2) is 12.4. The van der Waals surface area contributed by atoms with Gasteiger partial charge in [0.15, 0.2) is 5.96 Å². The highest BCUT2D eigenvalue weighted by Crippen LogP contribution is 2.14. The summed E-state index contributed by atoms with van der Waals surface area (Å²) >= 11 is 0. The third-order valence-electron chi connectivity index (χ3n) is 5.12. The number of carbonyl (C=O) groups is 1. The summed E-state index contributed by atoms with van der Waals surface area (Å²) in [5.74, 6) is 1.70. The quantitative estimate of drug-likeness (QED) is 0.344. The fourth-order valence-electron chi connectivity index (χ4n) is 3.42. The topological polar surface area (TPSA) is 66.0 Å². The molecule has 7 heteroatoms. The highest BCUT2D eigenvalue weighted by Gasteiger charge is 2.17. The van der Waals surface area contributed by atoms with Crippen LogP contribution in [-0.4, -0.2) is 44.0 Å². The van der Waals surface area contributed by atoms with Crippen LogP contribution in [-0.2, 0) is 13.1 Å². The second-order valence-corrected chi connectivity index (χ2v) is 7.18. The fraction of sp³-hybridized carbons (Fsp3) is 0.391. The van der Waals surface area contributed by atoms with Crippen LogP contribution in [0, 0.1) is 0 Å². The number of amides is 1. The minimum absolute atomic E-state index is 0. The molecule has 162 valence electrons. The molecule has 1 aliphatic heterocycles. The lowest BCUT2D eigenvalue weighted by Gasteiger charge is -2.26. The van der Waals surface area contributed by atoms with Gasteiger partial charge in [-0.2, -0.15) is 0 Å². The number of nitrogens with one attached hydrogen (secondary N) is 2. The maximum absolute atomic E-state index is 12.6. The zero-order valence-electron chi connectivity index (χ0n) is 17.7. The number of halogens is 1. The van der Waals surface area contributed by atoms with Crippen molar-refractivity contribution in [1.29, 1.82) is 0 Å². The van der Waals surface area contributed by atoms with Crippen molar-refractivity contribution in [3.05, 3.63) is 65.2 Å². The third-order valence-corrected chi connectivity index (χ3v) is 5.12. The van der Waals surface area contributed by atoms with E-state index in [1.165, 1.54) is 6.42 Å². The van der Waals surface area contributed by atoms with Crippen molar-refractivity contribution < 1.29 is 9.53 Å². The first kappa shape index (κ1) is 24.0. The Bertz CT molecular complexity index is 833. The Morgan fingerprint density at radius 2 is 1.67 bits per heavy atom. The van der Waals surface area contributed by atoms with Gasteiger partial charge in [0, 0.05) is 38.8 Å². The SMILES string of the molecule is CN=C(NCc1ccc(C(=O)N2CCCCC2)cc1)NCc1cccc(OC)c1.I. The highest BCUT2D eigenvalue weighted by molar-refractivity contribution is 14.0. The molecule has 1 saturated heterocycles. The summed E-state index contributed by atoms with van der Waals surface area (Å²) in [6, 6.07) is 15.8. The number of ether oxygens (including phenoxy) is 1. The van der Waals surface area contributed by atoms with Gasteiger partial charge >= 0.3 is 0 Å². The molecule has 0 atom stereocenters. The summed E-state index contributed by atoms with van der Waals surface area (Å²) in [5.41, 5.74) is 2.98. The molecule has 3 rings (SSSR count). The number of aliphatic imine (C=N–C) groups is 1. The molecule has 1 aliphatic rings. The Morgan fingerprint density at radius 1 is 1.00 bits per heavy atom. The smallest absolute Gasteiger partial charge is 0.253 e. The minimum atomic E-state index is 0. The van der Waals surface area contributed by atoms with Crippen molar-refractivity contribution in [2.75, 3.05) is 27.2 Å². The lowest BCUT2D eigenvalue weighted by atomic mass is 10.1. The third kappa shape index (κ3) is 6.90. The summed E-state index contributed by atoms with van der Waals surface area (Å²) in [6.45, 7) is 3.03. The van der Waals surface area contributed by atoms with Crippen LogP contribution in [0.5, 0.6) is 5.75 Å². The number of hydrogen-bond acceptors (Lipinski definition) is 3. The number of nitrogens with zero attached hydrogens (tertiary/aromatic N) is 2. The normalized spacial score (nSPS) is 13.9. The lowest BCUT2D eigenvalue weighted by Crippen LogP contribution is -2.36. The van der Waals surface area contributed by atoms with Crippen LogP contribution in [0.15, 0.2) is 53.5 Å². The predicted molar refractivity (Wildman–Crippen MR) is 132 cm³/mol. The number of hydrogen-bond donors (Lipinski definition) is 2. The highest BCUT2D eigenvalue weighted by atomic mass is 127. The monoisotopic (exact) mass is 522 g/mol. The van der Waals surface area contributed by atoms with E-state index < -0.39 is 0 Å². The summed E-state index contributed by atoms with van der Waals surface area (Å²) in [5, 5.41) is 6.61. The Balaban J connectivity index is 0.00000320. The van der Waals surface area contributed by atoms with Crippen LogP contribution >= 0.6 is 24.0 Å². The van der Waals surface area contributed by atoms with E-state index in [1.54, 1.807) is 14.2 Å². The number of piperidine rings is 1. The predicted octanol–water partition coefficient (Wildman–Crippen LogP) is 3.80. The molecular formula is C23H31IN4O2. The van der Waals surface area contributed by atoms with E-state index in [0.29, 0.717) is 13.1 Å². The molecule has 2 aromatic carbocycles. The van der Waals surface area contributed by atoms with Crippen LogP contribution in [0.1, 0.15) is 40.7 Å². The fourth-order valence-corrected chi connectivity index (χ4v) is 3.42. The molecule has 1 heterocycles. The van der Waals surface area contributed by atoms with E-state index in [1.807, 2.05) is 53.4 Å².